The van der Waals surface area contributed by atoms with Gasteiger partial charge in [-0.05, 0) is 54.2 Å². The molecule has 2 aromatic carbocycles. The van der Waals surface area contributed by atoms with E-state index in [1.165, 1.54) is 5.56 Å². The number of carbonyl (C=O) groups excluding carboxylic acids is 1. The molecule has 2 N–H and O–H groups in total. The number of primary amides is 1. The zero-order chi connectivity index (χ0) is 16.7. The van der Waals surface area contributed by atoms with Crippen LogP contribution in [0.2, 0.25) is 0 Å². The molecule has 0 fully saturated rings. The fourth-order valence-electron chi connectivity index (χ4n) is 2.64. The lowest BCUT2D eigenvalue weighted by atomic mass is 9.89. The number of nitrogens with two attached hydrogens (primary N) is 1. The van der Waals surface area contributed by atoms with E-state index in [9.17, 15) is 4.79 Å². The number of aryl methyl sites for hydroxylation is 1. The Balaban J connectivity index is 2.06. The maximum absolute atomic E-state index is 11.4. The topological polar surface area (TPSA) is 61.5 Å². The number of hydrogen-bond donors (Lipinski definition) is 1. The Morgan fingerprint density at radius 1 is 0.957 bits per heavy atom. The van der Waals surface area contributed by atoms with Crippen molar-refractivity contribution < 1.29 is 14.3 Å². The number of benzene rings is 2. The van der Waals surface area contributed by atoms with E-state index in [1.54, 1.807) is 14.2 Å². The van der Waals surface area contributed by atoms with Crippen LogP contribution in [0.15, 0.2) is 48.5 Å². The minimum absolute atomic E-state index is 0.112. The van der Waals surface area contributed by atoms with E-state index in [0.717, 1.165) is 29.9 Å². The van der Waals surface area contributed by atoms with Crippen molar-refractivity contribution in [1.82, 2.24) is 0 Å². The van der Waals surface area contributed by atoms with Crippen LogP contribution >= 0.6 is 0 Å². The van der Waals surface area contributed by atoms with Gasteiger partial charge in [0, 0.05) is 6.42 Å². The fourth-order valence-corrected chi connectivity index (χ4v) is 2.64. The highest BCUT2D eigenvalue weighted by Gasteiger charge is 2.15. The van der Waals surface area contributed by atoms with Crippen LogP contribution in [0.25, 0.3) is 0 Å². The average Bonchev–Trinajstić information content (AvgIpc) is 2.59. The van der Waals surface area contributed by atoms with Crippen LogP contribution in [0.5, 0.6) is 11.5 Å². The van der Waals surface area contributed by atoms with E-state index in [-0.39, 0.29) is 11.8 Å². The highest BCUT2D eigenvalue weighted by Crippen LogP contribution is 2.27. The molecule has 0 bridgehead atoms. The second-order valence-corrected chi connectivity index (χ2v) is 5.53. The van der Waals surface area contributed by atoms with E-state index in [1.807, 2.05) is 48.5 Å². The van der Waals surface area contributed by atoms with Gasteiger partial charge in [-0.2, -0.15) is 0 Å². The molecule has 0 aromatic heterocycles. The average molecular weight is 313 g/mol. The summed E-state index contributed by atoms with van der Waals surface area (Å²) < 4.78 is 10.3. The minimum Gasteiger partial charge on any atom is -0.497 e. The largest absolute Gasteiger partial charge is 0.497 e. The summed E-state index contributed by atoms with van der Waals surface area (Å²) in [5, 5.41) is 0. The Morgan fingerprint density at radius 3 is 1.96 bits per heavy atom. The molecule has 4 nitrogen and oxygen atoms in total. The molecule has 1 atom stereocenters. The summed E-state index contributed by atoms with van der Waals surface area (Å²) in [6, 6.07) is 15.8. The number of rotatable bonds is 8. The Hall–Kier alpha value is -2.49. The number of amides is 1. The van der Waals surface area contributed by atoms with Gasteiger partial charge in [0.05, 0.1) is 14.2 Å². The molecule has 0 aliphatic heterocycles. The first kappa shape index (κ1) is 16.9. The quantitative estimate of drug-likeness (QED) is 0.813. The predicted octanol–water partition coefficient (Wildman–Crippen LogP) is 3.30. The van der Waals surface area contributed by atoms with Crippen molar-refractivity contribution >= 4 is 5.91 Å². The van der Waals surface area contributed by atoms with Crippen molar-refractivity contribution in [3.8, 4) is 11.5 Å². The van der Waals surface area contributed by atoms with Crippen molar-refractivity contribution in [2.75, 3.05) is 14.2 Å². The third-order valence-electron chi connectivity index (χ3n) is 3.98. The van der Waals surface area contributed by atoms with Crippen LogP contribution in [0.1, 0.15) is 29.9 Å². The van der Waals surface area contributed by atoms with E-state index in [0.29, 0.717) is 6.42 Å². The molecule has 4 heteroatoms. The summed E-state index contributed by atoms with van der Waals surface area (Å²) in [5.74, 6) is 1.49. The van der Waals surface area contributed by atoms with E-state index in [2.05, 4.69) is 0 Å². The Labute approximate surface area is 137 Å². The van der Waals surface area contributed by atoms with Crippen LogP contribution in [0.3, 0.4) is 0 Å². The van der Waals surface area contributed by atoms with Gasteiger partial charge in [0.1, 0.15) is 11.5 Å². The van der Waals surface area contributed by atoms with E-state index >= 15 is 0 Å². The summed E-state index contributed by atoms with van der Waals surface area (Å²) in [6.45, 7) is 0. The molecule has 0 saturated heterocycles. The lowest BCUT2D eigenvalue weighted by Gasteiger charge is -2.16. The van der Waals surface area contributed by atoms with Gasteiger partial charge in [0.25, 0.3) is 0 Å². The summed E-state index contributed by atoms with van der Waals surface area (Å²) >= 11 is 0. The van der Waals surface area contributed by atoms with Crippen LogP contribution in [0.4, 0.5) is 0 Å². The van der Waals surface area contributed by atoms with Gasteiger partial charge in [-0.25, -0.2) is 0 Å². The molecule has 0 aliphatic carbocycles. The molecule has 23 heavy (non-hydrogen) atoms. The van der Waals surface area contributed by atoms with Gasteiger partial charge in [-0.15, -0.1) is 0 Å². The Kier molecular flexibility index (Phi) is 6.03. The van der Waals surface area contributed by atoms with E-state index in [4.69, 9.17) is 15.2 Å². The molecular weight excluding hydrogens is 290 g/mol. The molecule has 0 heterocycles. The third-order valence-corrected chi connectivity index (χ3v) is 3.98. The summed E-state index contributed by atoms with van der Waals surface area (Å²) in [6.07, 6.45) is 2.10. The summed E-state index contributed by atoms with van der Waals surface area (Å²) in [4.78, 5) is 11.4. The number of methoxy groups -OCH3 is 2. The first-order chi connectivity index (χ1) is 11.1. The number of ether oxygens (including phenoxy) is 2. The maximum atomic E-state index is 11.4. The molecule has 2 aromatic rings. The monoisotopic (exact) mass is 313 g/mol. The molecule has 1 amide bonds. The zero-order valence-corrected chi connectivity index (χ0v) is 13.6. The second kappa shape index (κ2) is 8.22. The third kappa shape index (κ3) is 5.02. The van der Waals surface area contributed by atoms with Crippen molar-refractivity contribution in [2.45, 2.75) is 25.2 Å². The highest BCUT2D eigenvalue weighted by molar-refractivity contribution is 5.74. The molecule has 0 spiro atoms. The Morgan fingerprint density at radius 2 is 1.48 bits per heavy atom. The van der Waals surface area contributed by atoms with Crippen molar-refractivity contribution in [2.24, 2.45) is 5.73 Å². The predicted molar refractivity (Wildman–Crippen MR) is 90.9 cm³/mol. The smallest absolute Gasteiger partial charge is 0.218 e. The Bertz CT molecular complexity index is 620. The molecule has 122 valence electrons. The maximum Gasteiger partial charge on any atom is 0.218 e. The normalized spacial score (nSPS) is 11.7. The van der Waals surface area contributed by atoms with Crippen molar-refractivity contribution in [3.63, 3.8) is 0 Å². The highest BCUT2D eigenvalue weighted by atomic mass is 16.5. The van der Waals surface area contributed by atoms with Gasteiger partial charge in [-0.3, -0.25) is 4.79 Å². The molecule has 2 rings (SSSR count). The summed E-state index contributed by atoms with van der Waals surface area (Å²) in [5.41, 5.74) is 7.74. The van der Waals surface area contributed by atoms with E-state index < -0.39 is 0 Å². The molecule has 0 radical (unpaired) electrons. The van der Waals surface area contributed by atoms with Crippen molar-refractivity contribution in [1.29, 1.82) is 0 Å². The first-order valence-corrected chi connectivity index (χ1v) is 7.67. The molecular formula is C19H23NO3. The SMILES string of the molecule is COc1ccc(CCC(CC(N)=O)c2ccc(OC)cc2)cc1. The number of hydrogen-bond acceptors (Lipinski definition) is 3. The van der Waals surface area contributed by atoms with Crippen LogP contribution in [-0.2, 0) is 11.2 Å². The second-order valence-electron chi connectivity index (χ2n) is 5.53. The van der Waals surface area contributed by atoms with Crippen LogP contribution < -0.4 is 15.2 Å². The van der Waals surface area contributed by atoms with Crippen LogP contribution in [-0.4, -0.2) is 20.1 Å². The molecule has 0 aliphatic rings. The minimum atomic E-state index is -0.277. The zero-order valence-electron chi connectivity index (χ0n) is 13.6. The number of carbonyl (C=O) groups is 1. The van der Waals surface area contributed by atoms with Gasteiger partial charge < -0.3 is 15.2 Å². The lowest BCUT2D eigenvalue weighted by Crippen LogP contribution is -2.16. The van der Waals surface area contributed by atoms with Gasteiger partial charge in [-0.1, -0.05) is 24.3 Å². The van der Waals surface area contributed by atoms with Crippen molar-refractivity contribution in [3.05, 3.63) is 59.7 Å². The van der Waals surface area contributed by atoms with Gasteiger partial charge >= 0.3 is 0 Å². The molecule has 0 saturated carbocycles. The molecule has 1 unspecified atom stereocenters. The lowest BCUT2D eigenvalue weighted by molar-refractivity contribution is -0.118. The van der Waals surface area contributed by atoms with Crippen LogP contribution in [0, 0.1) is 0 Å². The summed E-state index contributed by atoms with van der Waals surface area (Å²) in [7, 11) is 3.29. The van der Waals surface area contributed by atoms with Gasteiger partial charge in [0.15, 0.2) is 0 Å². The standard InChI is InChI=1S/C19H23NO3/c1-22-17-9-4-14(5-10-17)3-6-16(13-19(20)21)15-7-11-18(23-2)12-8-15/h4-5,7-12,16H,3,6,13H2,1-2H3,(H2,20,21). The van der Waals surface area contributed by atoms with Gasteiger partial charge in [0.2, 0.25) is 5.91 Å². The fraction of sp³-hybridized carbons (Fsp3) is 0.316. The first-order valence-electron chi connectivity index (χ1n) is 7.67.